The molecule has 0 radical (unpaired) electrons. The molecular formula is C14H13F2NO5S2. The first-order chi connectivity index (χ1) is 11.2. The number of nitrogens with two attached hydrogens (primary N) is 1. The number of sulfonamides is 1. The van der Waals surface area contributed by atoms with Gasteiger partial charge in [-0.1, -0.05) is 12.1 Å². The summed E-state index contributed by atoms with van der Waals surface area (Å²) >= 11 is 0.814. The van der Waals surface area contributed by atoms with Crippen molar-refractivity contribution < 1.29 is 31.5 Å². The number of primary sulfonamides is 1. The molecule has 0 bridgehead atoms. The Morgan fingerprint density at radius 3 is 2.38 bits per heavy atom. The topological polar surface area (TPSA) is 95.7 Å². The lowest BCUT2D eigenvalue weighted by atomic mass is 10.1. The molecule has 0 aliphatic heterocycles. The molecule has 0 fully saturated rings. The second-order valence-electron chi connectivity index (χ2n) is 4.69. The van der Waals surface area contributed by atoms with Crippen molar-refractivity contribution in [2.45, 2.75) is 23.8 Å². The van der Waals surface area contributed by atoms with Crippen LogP contribution in [0.5, 0.6) is 5.75 Å². The molecule has 0 spiro atoms. The molecule has 1 aromatic heterocycles. The molecule has 1 aromatic carbocycles. The molecule has 0 aliphatic rings. The summed E-state index contributed by atoms with van der Waals surface area (Å²) in [5, 5.41) is 6.30. The van der Waals surface area contributed by atoms with Crippen LogP contribution < -0.4 is 9.88 Å². The predicted octanol–water partition coefficient (Wildman–Crippen LogP) is 2.91. The van der Waals surface area contributed by atoms with Crippen LogP contribution in [-0.2, 0) is 14.8 Å². The highest BCUT2D eigenvalue weighted by Crippen LogP contribution is 2.24. The molecule has 0 saturated carbocycles. The van der Waals surface area contributed by atoms with E-state index in [4.69, 9.17) is 9.88 Å². The zero-order valence-electron chi connectivity index (χ0n) is 12.3. The van der Waals surface area contributed by atoms with Crippen LogP contribution in [0.2, 0.25) is 0 Å². The highest BCUT2D eigenvalue weighted by atomic mass is 32.2. The number of esters is 1. The lowest BCUT2D eigenvalue weighted by Crippen LogP contribution is -2.11. The molecule has 0 unspecified atom stereocenters. The van der Waals surface area contributed by atoms with Crippen molar-refractivity contribution in [3.63, 3.8) is 0 Å². The monoisotopic (exact) mass is 377 g/mol. The lowest BCUT2D eigenvalue weighted by molar-refractivity contribution is -0.0498. The normalized spacial score (nSPS) is 12.9. The van der Waals surface area contributed by atoms with E-state index in [-0.39, 0.29) is 15.5 Å². The maximum atomic E-state index is 12.1. The quantitative estimate of drug-likeness (QED) is 0.781. The summed E-state index contributed by atoms with van der Waals surface area (Å²) < 4.78 is 55.8. The van der Waals surface area contributed by atoms with E-state index in [0.29, 0.717) is 5.56 Å². The number of carbonyl (C=O) groups excluding carboxylic acids is 1. The third-order valence-electron chi connectivity index (χ3n) is 2.95. The van der Waals surface area contributed by atoms with E-state index in [2.05, 4.69) is 4.74 Å². The Labute approximate surface area is 140 Å². The van der Waals surface area contributed by atoms with E-state index in [1.807, 2.05) is 0 Å². The molecule has 24 heavy (non-hydrogen) atoms. The fourth-order valence-electron chi connectivity index (χ4n) is 1.79. The van der Waals surface area contributed by atoms with Gasteiger partial charge in [-0.2, -0.15) is 8.78 Å². The van der Waals surface area contributed by atoms with Crippen molar-refractivity contribution in [2.24, 2.45) is 5.14 Å². The molecule has 130 valence electrons. The van der Waals surface area contributed by atoms with Crippen molar-refractivity contribution in [3.8, 4) is 5.75 Å². The van der Waals surface area contributed by atoms with Gasteiger partial charge < -0.3 is 9.47 Å². The van der Waals surface area contributed by atoms with Gasteiger partial charge in [0.15, 0.2) is 0 Å². The molecule has 0 amide bonds. The lowest BCUT2D eigenvalue weighted by Gasteiger charge is -2.13. The van der Waals surface area contributed by atoms with Gasteiger partial charge in [-0.3, -0.25) is 0 Å². The van der Waals surface area contributed by atoms with Crippen molar-refractivity contribution in [1.29, 1.82) is 0 Å². The summed E-state index contributed by atoms with van der Waals surface area (Å²) in [7, 11) is -3.88. The van der Waals surface area contributed by atoms with Gasteiger partial charge in [0.1, 0.15) is 16.1 Å². The number of hydrogen-bond acceptors (Lipinski definition) is 6. The Hall–Kier alpha value is -2.04. The van der Waals surface area contributed by atoms with Gasteiger partial charge in [-0.05, 0) is 30.7 Å². The number of thiophene rings is 1. The van der Waals surface area contributed by atoms with Gasteiger partial charge in [-0.25, -0.2) is 18.4 Å². The number of halogens is 2. The highest BCUT2D eigenvalue weighted by molar-refractivity contribution is 7.91. The first-order valence-electron chi connectivity index (χ1n) is 6.54. The number of benzene rings is 1. The van der Waals surface area contributed by atoms with Crippen molar-refractivity contribution in [1.82, 2.24) is 0 Å². The number of ether oxygens (including phenoxy) is 2. The maximum Gasteiger partial charge on any atom is 0.387 e. The Balaban J connectivity index is 2.04. The molecule has 0 saturated heterocycles. The maximum absolute atomic E-state index is 12.1. The van der Waals surface area contributed by atoms with E-state index in [0.717, 1.165) is 17.4 Å². The zero-order chi connectivity index (χ0) is 17.9. The minimum Gasteiger partial charge on any atom is -0.454 e. The molecule has 1 heterocycles. The fourth-order valence-corrected chi connectivity index (χ4v) is 3.36. The second-order valence-corrected chi connectivity index (χ2v) is 7.39. The Bertz CT molecular complexity index is 818. The van der Waals surface area contributed by atoms with Crippen LogP contribution in [0.15, 0.2) is 39.9 Å². The molecule has 10 heteroatoms. The highest BCUT2D eigenvalue weighted by Gasteiger charge is 2.19. The van der Waals surface area contributed by atoms with Crippen LogP contribution in [0.4, 0.5) is 8.78 Å². The number of hydrogen-bond donors (Lipinski definition) is 1. The van der Waals surface area contributed by atoms with E-state index in [9.17, 15) is 22.0 Å². The fraction of sp³-hybridized carbons (Fsp3) is 0.214. The third-order valence-corrected chi connectivity index (χ3v) is 5.34. The average Bonchev–Trinajstić information content (AvgIpc) is 2.97. The van der Waals surface area contributed by atoms with Gasteiger partial charge >= 0.3 is 12.6 Å². The van der Waals surface area contributed by atoms with Gasteiger partial charge in [0.2, 0.25) is 10.0 Å². The summed E-state index contributed by atoms with van der Waals surface area (Å²) in [4.78, 5) is 12.0. The molecule has 2 aromatic rings. The second kappa shape index (κ2) is 7.24. The summed E-state index contributed by atoms with van der Waals surface area (Å²) in [5.74, 6) is -0.732. The van der Waals surface area contributed by atoms with Crippen LogP contribution in [0.1, 0.15) is 28.9 Å². The van der Waals surface area contributed by atoms with Crippen LogP contribution >= 0.6 is 11.3 Å². The first kappa shape index (κ1) is 18.3. The molecule has 2 N–H and O–H groups in total. The van der Waals surface area contributed by atoms with E-state index in [1.54, 1.807) is 6.92 Å². The third kappa shape index (κ3) is 4.73. The van der Waals surface area contributed by atoms with E-state index < -0.39 is 28.7 Å². The summed E-state index contributed by atoms with van der Waals surface area (Å²) in [6.07, 6.45) is -0.670. The minimum atomic E-state index is -3.88. The number of carbonyl (C=O) groups is 1. The van der Waals surface area contributed by atoms with Gasteiger partial charge in [0, 0.05) is 5.38 Å². The molecule has 2 rings (SSSR count). The minimum absolute atomic E-state index is 0.0112. The van der Waals surface area contributed by atoms with E-state index >= 15 is 0 Å². The number of alkyl halides is 2. The van der Waals surface area contributed by atoms with Gasteiger partial charge in [0.05, 0.1) is 5.56 Å². The van der Waals surface area contributed by atoms with Crippen LogP contribution in [0.25, 0.3) is 0 Å². The van der Waals surface area contributed by atoms with Crippen molar-refractivity contribution in [3.05, 3.63) is 46.8 Å². The van der Waals surface area contributed by atoms with Crippen LogP contribution in [0.3, 0.4) is 0 Å². The van der Waals surface area contributed by atoms with Crippen molar-refractivity contribution in [2.75, 3.05) is 0 Å². The SMILES string of the molecule is C[C@@H](OC(=O)c1csc(S(N)(=O)=O)c1)c1ccc(OC(F)F)cc1. The Morgan fingerprint density at radius 2 is 1.88 bits per heavy atom. The zero-order valence-corrected chi connectivity index (χ0v) is 13.9. The van der Waals surface area contributed by atoms with Crippen molar-refractivity contribution >= 4 is 27.3 Å². The summed E-state index contributed by atoms with van der Waals surface area (Å²) in [6.45, 7) is -1.33. The Morgan fingerprint density at radius 1 is 1.25 bits per heavy atom. The average molecular weight is 377 g/mol. The molecule has 6 nitrogen and oxygen atoms in total. The largest absolute Gasteiger partial charge is 0.454 e. The summed E-state index contributed by atoms with van der Waals surface area (Å²) in [6, 6.07) is 6.76. The summed E-state index contributed by atoms with van der Waals surface area (Å²) in [5.41, 5.74) is 0.625. The number of rotatable bonds is 6. The predicted molar refractivity (Wildman–Crippen MR) is 82.6 cm³/mol. The van der Waals surface area contributed by atoms with Crippen LogP contribution in [0, 0.1) is 0 Å². The van der Waals surface area contributed by atoms with Gasteiger partial charge in [0.25, 0.3) is 0 Å². The first-order valence-corrected chi connectivity index (χ1v) is 8.96. The van der Waals surface area contributed by atoms with E-state index in [1.165, 1.54) is 29.6 Å². The molecule has 1 atom stereocenters. The Kier molecular flexibility index (Phi) is 5.52. The van der Waals surface area contributed by atoms with Crippen LogP contribution in [-0.4, -0.2) is 21.0 Å². The molecular weight excluding hydrogens is 364 g/mol. The standard InChI is InChI=1S/C14H13F2NO5S2/c1-8(9-2-4-11(5-3-9)22-14(15)16)21-13(18)10-6-12(23-7-10)24(17,19)20/h2-8,14H,1H3,(H2,17,19,20)/t8-/m1/s1. The van der Waals surface area contributed by atoms with Gasteiger partial charge in [-0.15, -0.1) is 11.3 Å². The smallest absolute Gasteiger partial charge is 0.387 e. The molecule has 0 aliphatic carbocycles.